The number of ether oxygens (including phenoxy) is 1. The van der Waals surface area contributed by atoms with E-state index in [0.717, 1.165) is 34.8 Å². The van der Waals surface area contributed by atoms with E-state index in [0.29, 0.717) is 24.2 Å². The minimum absolute atomic E-state index is 0.168. The maximum absolute atomic E-state index is 6.02. The Morgan fingerprint density at radius 2 is 1.84 bits per heavy atom. The third kappa shape index (κ3) is 5.40. The molecule has 0 amide bonds. The first-order chi connectivity index (χ1) is 15.6. The van der Waals surface area contributed by atoms with Crippen LogP contribution in [0.4, 0.5) is 11.9 Å². The normalized spacial score (nSPS) is 11.1. The van der Waals surface area contributed by atoms with Gasteiger partial charge in [0.15, 0.2) is 5.01 Å². The van der Waals surface area contributed by atoms with Crippen LogP contribution in [0, 0.1) is 0 Å². The van der Waals surface area contributed by atoms with Crippen LogP contribution in [0.2, 0.25) is 0 Å². The Morgan fingerprint density at radius 3 is 2.66 bits per heavy atom. The maximum atomic E-state index is 6.02. The molecule has 3 N–H and O–H groups in total. The van der Waals surface area contributed by atoms with Gasteiger partial charge >= 0.3 is 0 Å². The summed E-state index contributed by atoms with van der Waals surface area (Å²) in [6, 6.07) is 17.9. The molecular formula is C22H26N8OS. The second kappa shape index (κ2) is 10.2. The number of aromatic nitrogens is 5. The summed E-state index contributed by atoms with van der Waals surface area (Å²) in [4.78, 5) is 6.43. The fraction of sp³-hybridized carbons (Fsp3) is 0.273. The molecule has 2 heterocycles. The molecule has 0 aliphatic rings. The third-order valence-corrected chi connectivity index (χ3v) is 5.57. The summed E-state index contributed by atoms with van der Waals surface area (Å²) in [6.07, 6.45) is 0.942. The van der Waals surface area contributed by atoms with Gasteiger partial charge in [0.25, 0.3) is 0 Å². The Hall–Kier alpha value is -3.50. The lowest BCUT2D eigenvalue weighted by atomic mass is 10.2. The van der Waals surface area contributed by atoms with E-state index in [1.54, 1.807) is 4.68 Å². The van der Waals surface area contributed by atoms with Gasteiger partial charge in [-0.2, -0.15) is 9.67 Å². The number of rotatable bonds is 10. The van der Waals surface area contributed by atoms with Gasteiger partial charge in [0.2, 0.25) is 17.0 Å². The highest BCUT2D eigenvalue weighted by Crippen LogP contribution is 2.33. The van der Waals surface area contributed by atoms with Crippen molar-refractivity contribution in [2.24, 2.45) is 0 Å². The van der Waals surface area contributed by atoms with Crippen molar-refractivity contribution >= 4 is 23.2 Å². The smallest absolute Gasteiger partial charge is 0.241 e. The lowest BCUT2D eigenvalue weighted by Crippen LogP contribution is -2.15. The largest absolute Gasteiger partial charge is 0.493 e. The molecule has 4 rings (SSSR count). The highest BCUT2D eigenvalue weighted by molar-refractivity contribution is 7.17. The molecule has 4 aromatic rings. The molecule has 2 aromatic heterocycles. The Labute approximate surface area is 190 Å². The molecule has 0 aliphatic heterocycles. The van der Waals surface area contributed by atoms with Crippen LogP contribution in [0.3, 0.4) is 0 Å². The van der Waals surface area contributed by atoms with Crippen LogP contribution in [-0.4, -0.2) is 57.1 Å². The summed E-state index contributed by atoms with van der Waals surface area (Å²) in [5.41, 5.74) is 7.89. The lowest BCUT2D eigenvalue weighted by molar-refractivity contribution is 0.282. The fourth-order valence-corrected chi connectivity index (χ4v) is 3.92. The average Bonchev–Trinajstić information content (AvgIpc) is 3.43. The number of nitrogens with two attached hydrogens (primary N) is 1. The molecule has 0 unspecified atom stereocenters. The Morgan fingerprint density at radius 1 is 1.06 bits per heavy atom. The van der Waals surface area contributed by atoms with Crippen LogP contribution in [-0.2, 0) is 6.54 Å². The first-order valence-electron chi connectivity index (χ1n) is 10.3. The van der Waals surface area contributed by atoms with Gasteiger partial charge in [0.05, 0.1) is 12.2 Å². The fourth-order valence-electron chi connectivity index (χ4n) is 3.09. The lowest BCUT2D eigenvalue weighted by Gasteiger charge is -2.12. The number of anilines is 2. The van der Waals surface area contributed by atoms with Gasteiger partial charge in [-0.3, -0.25) is 0 Å². The van der Waals surface area contributed by atoms with Gasteiger partial charge in [-0.15, -0.1) is 15.3 Å². The number of para-hydroxylation sites is 1. The van der Waals surface area contributed by atoms with E-state index >= 15 is 0 Å². The van der Waals surface area contributed by atoms with Crippen molar-refractivity contribution in [3.05, 3.63) is 60.2 Å². The van der Waals surface area contributed by atoms with Crippen molar-refractivity contribution in [2.45, 2.75) is 13.0 Å². The van der Waals surface area contributed by atoms with Gasteiger partial charge in [0, 0.05) is 13.1 Å². The van der Waals surface area contributed by atoms with E-state index in [2.05, 4.69) is 44.6 Å². The minimum atomic E-state index is 0.168. The van der Waals surface area contributed by atoms with E-state index in [4.69, 9.17) is 10.5 Å². The van der Waals surface area contributed by atoms with Crippen LogP contribution >= 0.6 is 11.3 Å². The molecular weight excluding hydrogens is 424 g/mol. The van der Waals surface area contributed by atoms with E-state index in [1.165, 1.54) is 11.3 Å². The van der Waals surface area contributed by atoms with Crippen molar-refractivity contribution in [3.63, 3.8) is 0 Å². The van der Waals surface area contributed by atoms with Gasteiger partial charge < -0.3 is 20.7 Å². The highest BCUT2D eigenvalue weighted by Gasteiger charge is 2.17. The summed E-state index contributed by atoms with van der Waals surface area (Å²) >= 11 is 1.40. The molecule has 0 saturated heterocycles. The van der Waals surface area contributed by atoms with Crippen molar-refractivity contribution in [1.29, 1.82) is 0 Å². The molecule has 0 bridgehead atoms. The number of hydrogen-bond acceptors (Lipinski definition) is 9. The van der Waals surface area contributed by atoms with Gasteiger partial charge in [-0.05, 0) is 38.2 Å². The zero-order valence-corrected chi connectivity index (χ0v) is 18.9. The Kier molecular flexibility index (Phi) is 6.93. The van der Waals surface area contributed by atoms with Crippen LogP contribution in [0.15, 0.2) is 54.6 Å². The molecule has 0 spiro atoms. The first kappa shape index (κ1) is 21.7. The predicted octanol–water partition coefficient (Wildman–Crippen LogP) is 3.31. The zero-order valence-electron chi connectivity index (χ0n) is 18.1. The van der Waals surface area contributed by atoms with E-state index in [9.17, 15) is 0 Å². The van der Waals surface area contributed by atoms with Gasteiger partial charge in [-0.25, -0.2) is 0 Å². The molecule has 0 radical (unpaired) electrons. The number of benzene rings is 2. The summed E-state index contributed by atoms with van der Waals surface area (Å²) < 4.78 is 7.60. The standard InChI is InChI=1S/C22H26N8OS/c1-29(2)13-8-14-31-18-12-7-6-11-17(18)19-26-27-22(32-19)30-21(25-20(23)28-30)24-15-16-9-4-3-5-10-16/h3-7,9-12H,8,13-15H2,1-2H3,(H3,23,24,25,28). The Bertz CT molecular complexity index is 1140. The number of hydrogen-bond donors (Lipinski definition) is 2. The van der Waals surface area contributed by atoms with Crippen molar-refractivity contribution in [3.8, 4) is 21.5 Å². The molecule has 0 aliphatic carbocycles. The minimum Gasteiger partial charge on any atom is -0.493 e. The second-order valence-electron chi connectivity index (χ2n) is 7.44. The van der Waals surface area contributed by atoms with Crippen LogP contribution in [0.25, 0.3) is 15.7 Å². The SMILES string of the molecule is CN(C)CCCOc1ccccc1-c1nnc(-n2nc(N)nc2NCc2ccccc2)s1. The Balaban J connectivity index is 1.51. The van der Waals surface area contributed by atoms with Gasteiger partial charge in [-0.1, -0.05) is 53.8 Å². The monoisotopic (exact) mass is 450 g/mol. The van der Waals surface area contributed by atoms with E-state index in [-0.39, 0.29) is 5.95 Å². The third-order valence-electron chi connectivity index (χ3n) is 4.64. The summed E-state index contributed by atoms with van der Waals surface area (Å²) in [5.74, 6) is 1.47. The van der Waals surface area contributed by atoms with E-state index in [1.807, 2.05) is 54.6 Å². The topological polar surface area (TPSA) is 107 Å². The average molecular weight is 451 g/mol. The summed E-state index contributed by atoms with van der Waals surface area (Å²) in [5, 5.41) is 17.6. The molecule has 9 nitrogen and oxygen atoms in total. The summed E-state index contributed by atoms with van der Waals surface area (Å²) in [7, 11) is 4.10. The molecule has 2 aromatic carbocycles. The van der Waals surface area contributed by atoms with Crippen molar-refractivity contribution in [1.82, 2.24) is 29.9 Å². The summed E-state index contributed by atoms with van der Waals surface area (Å²) in [6.45, 7) is 2.19. The van der Waals surface area contributed by atoms with E-state index < -0.39 is 0 Å². The molecule has 10 heteroatoms. The number of nitrogens with one attached hydrogen (secondary N) is 1. The molecule has 0 atom stereocenters. The predicted molar refractivity (Wildman–Crippen MR) is 127 cm³/mol. The quantitative estimate of drug-likeness (QED) is 0.354. The molecule has 32 heavy (non-hydrogen) atoms. The second-order valence-corrected chi connectivity index (χ2v) is 8.39. The van der Waals surface area contributed by atoms with Crippen molar-refractivity contribution in [2.75, 3.05) is 38.3 Å². The van der Waals surface area contributed by atoms with Crippen LogP contribution < -0.4 is 15.8 Å². The van der Waals surface area contributed by atoms with Crippen LogP contribution in [0.1, 0.15) is 12.0 Å². The highest BCUT2D eigenvalue weighted by atomic mass is 32.1. The zero-order chi connectivity index (χ0) is 22.3. The van der Waals surface area contributed by atoms with Crippen LogP contribution in [0.5, 0.6) is 5.75 Å². The van der Waals surface area contributed by atoms with Crippen molar-refractivity contribution < 1.29 is 4.74 Å². The molecule has 166 valence electrons. The molecule has 0 saturated carbocycles. The molecule has 0 fully saturated rings. The maximum Gasteiger partial charge on any atom is 0.241 e. The number of nitrogens with zero attached hydrogens (tertiary/aromatic N) is 6. The number of nitrogen functional groups attached to an aromatic ring is 1. The van der Waals surface area contributed by atoms with Gasteiger partial charge in [0.1, 0.15) is 5.75 Å². The first-order valence-corrected chi connectivity index (χ1v) is 11.1.